The number of aromatic amines is 1. The zero-order valence-corrected chi connectivity index (χ0v) is 17.1. The van der Waals surface area contributed by atoms with E-state index in [-0.39, 0.29) is 5.56 Å². The summed E-state index contributed by atoms with van der Waals surface area (Å²) in [7, 11) is 0. The monoisotopic (exact) mass is 404 g/mol. The highest BCUT2D eigenvalue weighted by atomic mass is 16.5. The number of fused-ring (bicyclic) bond motifs is 1. The number of nitrogens with one attached hydrogen (secondary N) is 1. The van der Waals surface area contributed by atoms with Crippen LogP contribution in [0, 0.1) is 0 Å². The molecule has 0 radical (unpaired) electrons. The second-order valence-electron chi connectivity index (χ2n) is 7.01. The van der Waals surface area contributed by atoms with Crippen molar-refractivity contribution in [2.75, 3.05) is 6.61 Å². The summed E-state index contributed by atoms with van der Waals surface area (Å²) in [5.74, 6) is 1.18. The smallest absolute Gasteiger partial charge is 0.279 e. The van der Waals surface area contributed by atoms with Crippen molar-refractivity contribution in [2.45, 2.75) is 39.7 Å². The van der Waals surface area contributed by atoms with Gasteiger partial charge in [0, 0.05) is 12.4 Å². The number of ether oxygens (including phenoxy) is 1. The summed E-state index contributed by atoms with van der Waals surface area (Å²) in [5.41, 5.74) is 3.13. The molecular formula is C22H24N6O2. The summed E-state index contributed by atoms with van der Waals surface area (Å²) in [5, 5.41) is 4.54. The fourth-order valence-electron chi connectivity index (χ4n) is 3.37. The first-order valence-electron chi connectivity index (χ1n) is 10.2. The van der Waals surface area contributed by atoms with Crippen molar-refractivity contribution in [3.05, 3.63) is 64.6 Å². The Hall–Kier alpha value is -3.55. The number of H-pyrrole nitrogens is 1. The molecule has 0 spiro atoms. The Kier molecular flexibility index (Phi) is 5.83. The van der Waals surface area contributed by atoms with Gasteiger partial charge in [0.1, 0.15) is 17.1 Å². The minimum atomic E-state index is -0.268. The van der Waals surface area contributed by atoms with Gasteiger partial charge in [0.05, 0.1) is 36.3 Å². The Bertz CT molecular complexity index is 1200. The van der Waals surface area contributed by atoms with Gasteiger partial charge in [-0.15, -0.1) is 0 Å². The van der Waals surface area contributed by atoms with Crippen LogP contribution in [0.15, 0.2) is 47.7 Å². The SMILES string of the molecule is CCCOc1ccccc1-c1nc2c(CCC)n(Cc3cnccn3)nc2c(=O)[nH]1. The van der Waals surface area contributed by atoms with Gasteiger partial charge in [-0.1, -0.05) is 32.4 Å². The largest absolute Gasteiger partial charge is 0.493 e. The van der Waals surface area contributed by atoms with Crippen LogP contribution in [0.5, 0.6) is 5.75 Å². The Balaban J connectivity index is 1.84. The van der Waals surface area contributed by atoms with Crippen molar-refractivity contribution < 1.29 is 4.74 Å². The van der Waals surface area contributed by atoms with E-state index in [1.54, 1.807) is 18.6 Å². The minimum absolute atomic E-state index is 0.268. The summed E-state index contributed by atoms with van der Waals surface area (Å²) in [6, 6.07) is 7.60. The van der Waals surface area contributed by atoms with E-state index in [0.717, 1.165) is 36.2 Å². The molecule has 30 heavy (non-hydrogen) atoms. The number of para-hydroxylation sites is 1. The minimum Gasteiger partial charge on any atom is -0.493 e. The summed E-state index contributed by atoms with van der Waals surface area (Å²) >= 11 is 0. The molecule has 0 aliphatic rings. The van der Waals surface area contributed by atoms with Crippen molar-refractivity contribution in [1.29, 1.82) is 0 Å². The van der Waals surface area contributed by atoms with Crippen molar-refractivity contribution in [3.8, 4) is 17.1 Å². The maximum atomic E-state index is 12.9. The van der Waals surface area contributed by atoms with Crippen molar-refractivity contribution in [3.63, 3.8) is 0 Å². The number of aromatic nitrogens is 6. The Morgan fingerprint density at radius 1 is 1.10 bits per heavy atom. The third-order valence-electron chi connectivity index (χ3n) is 4.72. The standard InChI is InChI=1S/C22H24N6O2/c1-3-7-17-19-20(27-28(17)14-15-13-23-10-11-24-15)22(29)26-21(25-19)16-8-5-6-9-18(16)30-12-4-2/h5-6,8-11,13H,3-4,7,12,14H2,1-2H3,(H,25,26,29). The van der Waals surface area contributed by atoms with E-state index in [0.29, 0.717) is 35.8 Å². The van der Waals surface area contributed by atoms with Crippen LogP contribution >= 0.6 is 0 Å². The van der Waals surface area contributed by atoms with Gasteiger partial charge in [0.15, 0.2) is 5.52 Å². The van der Waals surface area contributed by atoms with Gasteiger partial charge in [0.2, 0.25) is 0 Å². The fraction of sp³-hybridized carbons (Fsp3) is 0.318. The lowest BCUT2D eigenvalue weighted by Crippen LogP contribution is -2.10. The zero-order valence-electron chi connectivity index (χ0n) is 17.1. The van der Waals surface area contributed by atoms with E-state index >= 15 is 0 Å². The first kappa shape index (κ1) is 19.8. The van der Waals surface area contributed by atoms with Crippen LogP contribution in [0.1, 0.15) is 38.1 Å². The van der Waals surface area contributed by atoms with Crippen LogP contribution in [0.2, 0.25) is 0 Å². The highest BCUT2D eigenvalue weighted by molar-refractivity contribution is 5.79. The van der Waals surface area contributed by atoms with E-state index in [1.807, 2.05) is 28.9 Å². The molecule has 154 valence electrons. The van der Waals surface area contributed by atoms with Gasteiger partial charge in [-0.05, 0) is 25.0 Å². The molecule has 0 unspecified atom stereocenters. The zero-order chi connectivity index (χ0) is 20.9. The predicted octanol–water partition coefficient (Wildman–Crippen LogP) is 3.37. The summed E-state index contributed by atoms with van der Waals surface area (Å²) in [4.78, 5) is 29.0. The van der Waals surface area contributed by atoms with Crippen molar-refractivity contribution >= 4 is 11.0 Å². The van der Waals surface area contributed by atoms with Gasteiger partial charge >= 0.3 is 0 Å². The molecule has 0 bridgehead atoms. The molecule has 0 saturated heterocycles. The van der Waals surface area contributed by atoms with Gasteiger partial charge in [-0.25, -0.2) is 4.98 Å². The second kappa shape index (κ2) is 8.86. The normalized spacial score (nSPS) is 11.1. The Labute approximate surface area is 174 Å². The van der Waals surface area contributed by atoms with Gasteiger partial charge < -0.3 is 9.72 Å². The number of rotatable bonds is 8. The quantitative estimate of drug-likeness (QED) is 0.483. The number of hydrogen-bond acceptors (Lipinski definition) is 6. The maximum absolute atomic E-state index is 12.9. The molecule has 1 N–H and O–H groups in total. The van der Waals surface area contributed by atoms with Gasteiger partial charge in [-0.2, -0.15) is 5.10 Å². The lowest BCUT2D eigenvalue weighted by Gasteiger charge is -2.10. The molecule has 4 aromatic rings. The first-order valence-corrected chi connectivity index (χ1v) is 10.2. The number of nitrogens with zero attached hydrogens (tertiary/aromatic N) is 5. The highest BCUT2D eigenvalue weighted by Gasteiger charge is 2.18. The van der Waals surface area contributed by atoms with Gasteiger partial charge in [0.25, 0.3) is 5.56 Å². The van der Waals surface area contributed by atoms with E-state index in [4.69, 9.17) is 9.72 Å². The third kappa shape index (κ3) is 3.94. The predicted molar refractivity (Wildman–Crippen MR) is 114 cm³/mol. The molecule has 3 heterocycles. The summed E-state index contributed by atoms with van der Waals surface area (Å²) < 4.78 is 7.67. The molecule has 0 aliphatic carbocycles. The Morgan fingerprint density at radius 3 is 2.73 bits per heavy atom. The average Bonchev–Trinajstić information content (AvgIpc) is 3.11. The first-order chi connectivity index (χ1) is 14.7. The van der Waals surface area contributed by atoms with E-state index in [9.17, 15) is 4.79 Å². The van der Waals surface area contributed by atoms with Crippen LogP contribution < -0.4 is 10.3 Å². The van der Waals surface area contributed by atoms with Crippen molar-refractivity contribution in [1.82, 2.24) is 29.7 Å². The highest BCUT2D eigenvalue weighted by Crippen LogP contribution is 2.28. The molecular weight excluding hydrogens is 380 g/mol. The van der Waals surface area contributed by atoms with Crippen LogP contribution in [0.4, 0.5) is 0 Å². The molecule has 4 rings (SSSR count). The topological polar surface area (TPSA) is 98.6 Å². The lowest BCUT2D eigenvalue weighted by atomic mass is 10.1. The van der Waals surface area contributed by atoms with Crippen LogP contribution in [0.3, 0.4) is 0 Å². The van der Waals surface area contributed by atoms with Crippen LogP contribution in [0.25, 0.3) is 22.4 Å². The molecule has 0 amide bonds. The number of aryl methyl sites for hydroxylation is 1. The number of hydrogen-bond donors (Lipinski definition) is 1. The van der Waals surface area contributed by atoms with E-state index in [1.165, 1.54) is 0 Å². The Morgan fingerprint density at radius 2 is 1.97 bits per heavy atom. The van der Waals surface area contributed by atoms with Crippen molar-refractivity contribution in [2.24, 2.45) is 0 Å². The van der Waals surface area contributed by atoms with Crippen LogP contribution in [-0.2, 0) is 13.0 Å². The molecule has 8 heteroatoms. The summed E-state index contributed by atoms with van der Waals surface area (Å²) in [6.07, 6.45) is 7.53. The molecule has 3 aromatic heterocycles. The van der Waals surface area contributed by atoms with Crippen LogP contribution in [-0.4, -0.2) is 36.3 Å². The van der Waals surface area contributed by atoms with E-state index < -0.39 is 0 Å². The van der Waals surface area contributed by atoms with Gasteiger partial charge in [-0.3, -0.25) is 19.4 Å². The fourth-order valence-corrected chi connectivity index (χ4v) is 3.37. The molecule has 0 fully saturated rings. The lowest BCUT2D eigenvalue weighted by molar-refractivity contribution is 0.318. The summed E-state index contributed by atoms with van der Waals surface area (Å²) in [6.45, 7) is 5.18. The van der Waals surface area contributed by atoms with E-state index in [2.05, 4.69) is 33.9 Å². The third-order valence-corrected chi connectivity index (χ3v) is 4.72. The molecule has 0 saturated carbocycles. The molecule has 0 atom stereocenters. The number of benzene rings is 1. The average molecular weight is 404 g/mol. The molecule has 0 aliphatic heterocycles. The molecule has 8 nitrogen and oxygen atoms in total. The molecule has 1 aromatic carbocycles. The maximum Gasteiger partial charge on any atom is 0.279 e. The second-order valence-corrected chi connectivity index (χ2v) is 7.01.